The molecular formula is C15H19N3O. The van der Waals surface area contributed by atoms with Crippen LogP contribution in [0.4, 0.5) is 5.69 Å². The van der Waals surface area contributed by atoms with Crippen LogP contribution >= 0.6 is 0 Å². The summed E-state index contributed by atoms with van der Waals surface area (Å²) in [5.41, 5.74) is 8.06. The lowest BCUT2D eigenvalue weighted by atomic mass is 9.95. The Morgan fingerprint density at radius 3 is 2.84 bits per heavy atom. The van der Waals surface area contributed by atoms with Crippen molar-refractivity contribution in [3.8, 4) is 0 Å². The van der Waals surface area contributed by atoms with E-state index in [-0.39, 0.29) is 5.91 Å². The van der Waals surface area contributed by atoms with Crippen LogP contribution in [0.1, 0.15) is 42.5 Å². The summed E-state index contributed by atoms with van der Waals surface area (Å²) >= 11 is 0. The van der Waals surface area contributed by atoms with Crippen molar-refractivity contribution in [2.24, 2.45) is 0 Å². The van der Waals surface area contributed by atoms with Crippen LogP contribution in [0.5, 0.6) is 0 Å². The van der Waals surface area contributed by atoms with Crippen molar-refractivity contribution in [3.05, 3.63) is 30.0 Å². The second kappa shape index (κ2) is 4.96. The van der Waals surface area contributed by atoms with Gasteiger partial charge in [0.1, 0.15) is 0 Å². The monoisotopic (exact) mass is 257 g/mol. The lowest BCUT2D eigenvalue weighted by molar-refractivity contribution is 0.0929. The van der Waals surface area contributed by atoms with Gasteiger partial charge in [-0.3, -0.25) is 4.79 Å². The van der Waals surface area contributed by atoms with E-state index in [1.807, 2.05) is 18.2 Å². The number of H-pyrrole nitrogens is 1. The number of hydrogen-bond donors (Lipinski definition) is 3. The van der Waals surface area contributed by atoms with Gasteiger partial charge >= 0.3 is 0 Å². The molecule has 3 rings (SSSR count). The van der Waals surface area contributed by atoms with Crippen molar-refractivity contribution >= 4 is 22.5 Å². The molecule has 19 heavy (non-hydrogen) atoms. The summed E-state index contributed by atoms with van der Waals surface area (Å²) in [6.45, 7) is 0. The molecule has 0 saturated heterocycles. The Bertz CT molecular complexity index is 596. The Balaban J connectivity index is 1.81. The minimum Gasteiger partial charge on any atom is -0.399 e. The minimum absolute atomic E-state index is 0.0166. The minimum atomic E-state index is 0.0166. The van der Waals surface area contributed by atoms with Gasteiger partial charge in [0, 0.05) is 28.8 Å². The Morgan fingerprint density at radius 2 is 2.05 bits per heavy atom. The molecule has 4 N–H and O–H groups in total. The van der Waals surface area contributed by atoms with Gasteiger partial charge in [-0.1, -0.05) is 19.3 Å². The predicted octanol–water partition coefficient (Wildman–Crippen LogP) is 2.81. The van der Waals surface area contributed by atoms with Crippen LogP contribution in [0, 0.1) is 0 Å². The topological polar surface area (TPSA) is 70.9 Å². The van der Waals surface area contributed by atoms with Crippen molar-refractivity contribution in [2.45, 2.75) is 38.1 Å². The fourth-order valence-corrected chi connectivity index (χ4v) is 2.84. The van der Waals surface area contributed by atoms with Crippen LogP contribution in [0.2, 0.25) is 0 Å². The Hall–Kier alpha value is -1.97. The highest BCUT2D eigenvalue weighted by Crippen LogP contribution is 2.22. The van der Waals surface area contributed by atoms with Crippen molar-refractivity contribution < 1.29 is 4.79 Å². The van der Waals surface area contributed by atoms with Gasteiger partial charge in [0.2, 0.25) is 0 Å². The zero-order valence-corrected chi connectivity index (χ0v) is 10.9. The number of fused-ring (bicyclic) bond motifs is 1. The van der Waals surface area contributed by atoms with Crippen LogP contribution in [0.25, 0.3) is 10.9 Å². The summed E-state index contributed by atoms with van der Waals surface area (Å²) in [7, 11) is 0. The molecule has 100 valence electrons. The molecule has 1 fully saturated rings. The Labute approximate surface area is 112 Å². The first-order valence-corrected chi connectivity index (χ1v) is 6.91. The number of aromatic amines is 1. The highest BCUT2D eigenvalue weighted by atomic mass is 16.1. The Morgan fingerprint density at radius 1 is 1.26 bits per heavy atom. The van der Waals surface area contributed by atoms with Crippen molar-refractivity contribution in [3.63, 3.8) is 0 Å². The van der Waals surface area contributed by atoms with E-state index >= 15 is 0 Å². The third kappa shape index (κ3) is 2.43. The van der Waals surface area contributed by atoms with E-state index in [2.05, 4.69) is 10.3 Å². The van der Waals surface area contributed by atoms with Gasteiger partial charge < -0.3 is 16.0 Å². The second-order valence-electron chi connectivity index (χ2n) is 5.32. The van der Waals surface area contributed by atoms with Crippen LogP contribution in [-0.2, 0) is 0 Å². The summed E-state index contributed by atoms with van der Waals surface area (Å²) in [6.07, 6.45) is 7.69. The van der Waals surface area contributed by atoms with E-state index in [0.717, 1.165) is 23.7 Å². The number of carbonyl (C=O) groups is 1. The SMILES string of the molecule is Nc1ccc2c(C(=O)NC3CCCCC3)c[nH]c2c1. The quantitative estimate of drug-likeness (QED) is 0.724. The first-order chi connectivity index (χ1) is 9.24. The molecule has 0 aliphatic heterocycles. The molecule has 1 saturated carbocycles. The smallest absolute Gasteiger partial charge is 0.253 e. The fourth-order valence-electron chi connectivity index (χ4n) is 2.84. The normalized spacial score (nSPS) is 16.6. The number of nitrogen functional groups attached to an aromatic ring is 1. The van der Waals surface area contributed by atoms with E-state index in [4.69, 9.17) is 5.73 Å². The molecule has 0 bridgehead atoms. The number of anilines is 1. The van der Waals surface area contributed by atoms with E-state index in [9.17, 15) is 4.79 Å². The zero-order chi connectivity index (χ0) is 13.2. The van der Waals surface area contributed by atoms with Gasteiger partial charge in [-0.25, -0.2) is 0 Å². The van der Waals surface area contributed by atoms with E-state index < -0.39 is 0 Å². The molecule has 1 aliphatic rings. The van der Waals surface area contributed by atoms with Gasteiger partial charge in [0.05, 0.1) is 5.56 Å². The number of amides is 1. The van der Waals surface area contributed by atoms with Crippen LogP contribution < -0.4 is 11.1 Å². The fraction of sp³-hybridized carbons (Fsp3) is 0.400. The molecule has 0 atom stereocenters. The third-order valence-electron chi connectivity index (χ3n) is 3.89. The highest BCUT2D eigenvalue weighted by molar-refractivity contribution is 6.07. The summed E-state index contributed by atoms with van der Waals surface area (Å²) in [5.74, 6) is 0.0166. The number of benzene rings is 1. The lowest BCUT2D eigenvalue weighted by Gasteiger charge is -2.22. The number of rotatable bonds is 2. The third-order valence-corrected chi connectivity index (χ3v) is 3.89. The molecule has 4 nitrogen and oxygen atoms in total. The van der Waals surface area contributed by atoms with Gasteiger partial charge in [0.25, 0.3) is 5.91 Å². The zero-order valence-electron chi connectivity index (χ0n) is 10.9. The molecule has 1 aromatic heterocycles. The lowest BCUT2D eigenvalue weighted by Crippen LogP contribution is -2.36. The maximum absolute atomic E-state index is 12.3. The molecule has 0 unspecified atom stereocenters. The van der Waals surface area contributed by atoms with Gasteiger partial charge in [0.15, 0.2) is 0 Å². The molecule has 0 radical (unpaired) electrons. The van der Waals surface area contributed by atoms with Crippen molar-refractivity contribution in [1.82, 2.24) is 10.3 Å². The molecule has 2 aromatic rings. The average molecular weight is 257 g/mol. The predicted molar refractivity (Wildman–Crippen MR) is 77.1 cm³/mol. The van der Waals surface area contributed by atoms with E-state index in [0.29, 0.717) is 17.3 Å². The van der Waals surface area contributed by atoms with E-state index in [1.165, 1.54) is 19.3 Å². The largest absolute Gasteiger partial charge is 0.399 e. The van der Waals surface area contributed by atoms with Crippen molar-refractivity contribution in [2.75, 3.05) is 5.73 Å². The number of carbonyl (C=O) groups excluding carboxylic acids is 1. The number of hydrogen-bond acceptors (Lipinski definition) is 2. The second-order valence-corrected chi connectivity index (χ2v) is 5.32. The Kier molecular flexibility index (Phi) is 3.15. The first-order valence-electron chi connectivity index (χ1n) is 6.91. The molecule has 1 heterocycles. The molecule has 1 aromatic carbocycles. The van der Waals surface area contributed by atoms with Gasteiger partial charge in [-0.05, 0) is 31.0 Å². The summed E-state index contributed by atoms with van der Waals surface area (Å²) < 4.78 is 0. The molecule has 1 amide bonds. The number of nitrogens with two attached hydrogens (primary N) is 1. The number of nitrogens with one attached hydrogen (secondary N) is 2. The first kappa shape index (κ1) is 12.1. The van der Waals surface area contributed by atoms with Gasteiger partial charge in [-0.15, -0.1) is 0 Å². The van der Waals surface area contributed by atoms with Crippen LogP contribution in [0.3, 0.4) is 0 Å². The van der Waals surface area contributed by atoms with Crippen molar-refractivity contribution in [1.29, 1.82) is 0 Å². The summed E-state index contributed by atoms with van der Waals surface area (Å²) in [5, 5.41) is 4.07. The molecule has 0 spiro atoms. The van der Waals surface area contributed by atoms with E-state index in [1.54, 1.807) is 6.20 Å². The van der Waals surface area contributed by atoms with Gasteiger partial charge in [-0.2, -0.15) is 0 Å². The summed E-state index contributed by atoms with van der Waals surface area (Å²) in [4.78, 5) is 15.4. The molecular weight excluding hydrogens is 238 g/mol. The number of aromatic nitrogens is 1. The average Bonchev–Trinajstić information content (AvgIpc) is 2.82. The maximum Gasteiger partial charge on any atom is 0.253 e. The van der Waals surface area contributed by atoms with Crippen LogP contribution in [-0.4, -0.2) is 16.9 Å². The maximum atomic E-state index is 12.3. The van der Waals surface area contributed by atoms with Crippen LogP contribution in [0.15, 0.2) is 24.4 Å². The summed E-state index contributed by atoms with van der Waals surface area (Å²) in [6, 6.07) is 5.91. The molecule has 1 aliphatic carbocycles. The molecule has 4 heteroatoms. The standard InChI is InChI=1S/C15H19N3O/c16-10-6-7-12-13(9-17-14(12)8-10)15(19)18-11-4-2-1-3-5-11/h6-9,11,17H,1-5,16H2,(H,18,19). The highest BCUT2D eigenvalue weighted by Gasteiger charge is 2.18.